The van der Waals surface area contributed by atoms with Crippen molar-refractivity contribution in [1.82, 2.24) is 25.0 Å². The summed E-state index contributed by atoms with van der Waals surface area (Å²) in [4.78, 5) is 30.5. The first-order chi connectivity index (χ1) is 9.13. The van der Waals surface area contributed by atoms with Gasteiger partial charge in [-0.05, 0) is 19.9 Å². The number of aromatic amines is 2. The average Bonchev–Trinajstić information content (AvgIpc) is 2.92. The SMILES string of the molecule is CC1=CC(C)N(CSc2nc(=O)[nH]c3nc[nH]c23)O1. The average molecular weight is 279 g/mol. The Morgan fingerprint density at radius 1 is 1.58 bits per heavy atom. The molecule has 0 spiro atoms. The van der Waals surface area contributed by atoms with Gasteiger partial charge in [-0.15, -0.1) is 5.06 Å². The molecule has 0 aliphatic carbocycles. The van der Waals surface area contributed by atoms with Gasteiger partial charge in [-0.2, -0.15) is 4.98 Å². The van der Waals surface area contributed by atoms with Gasteiger partial charge in [0.05, 0.1) is 18.2 Å². The number of nitrogens with one attached hydrogen (secondary N) is 2. The highest BCUT2D eigenvalue weighted by molar-refractivity contribution is 7.99. The van der Waals surface area contributed by atoms with E-state index in [0.717, 1.165) is 11.3 Å². The summed E-state index contributed by atoms with van der Waals surface area (Å²) < 4.78 is 0. The van der Waals surface area contributed by atoms with E-state index in [1.165, 1.54) is 18.1 Å². The van der Waals surface area contributed by atoms with E-state index in [1.54, 1.807) is 0 Å². The minimum atomic E-state index is -0.396. The quantitative estimate of drug-likeness (QED) is 0.649. The van der Waals surface area contributed by atoms with Crippen LogP contribution in [0.5, 0.6) is 0 Å². The summed E-state index contributed by atoms with van der Waals surface area (Å²) in [7, 11) is 0. The number of imidazole rings is 1. The first-order valence-electron chi connectivity index (χ1n) is 5.83. The van der Waals surface area contributed by atoms with E-state index in [9.17, 15) is 4.79 Å². The molecule has 2 N–H and O–H groups in total. The molecule has 0 aromatic carbocycles. The number of hydroxylamine groups is 2. The second-order valence-corrected chi connectivity index (χ2v) is 5.21. The Balaban J connectivity index is 1.79. The summed E-state index contributed by atoms with van der Waals surface area (Å²) in [6, 6.07) is 0.215. The molecule has 0 fully saturated rings. The summed E-state index contributed by atoms with van der Waals surface area (Å²) in [6.07, 6.45) is 3.57. The molecule has 0 bridgehead atoms. The van der Waals surface area contributed by atoms with Crippen molar-refractivity contribution in [1.29, 1.82) is 0 Å². The minimum Gasteiger partial charge on any atom is -0.410 e. The zero-order valence-corrected chi connectivity index (χ0v) is 11.3. The molecule has 7 nitrogen and oxygen atoms in total. The number of thioether (sulfide) groups is 1. The van der Waals surface area contributed by atoms with E-state index in [0.29, 0.717) is 16.5 Å². The second kappa shape index (κ2) is 4.71. The highest BCUT2D eigenvalue weighted by Gasteiger charge is 2.21. The molecule has 2 aromatic heterocycles. The first-order valence-corrected chi connectivity index (χ1v) is 6.81. The summed E-state index contributed by atoms with van der Waals surface area (Å²) in [5.41, 5.74) is 0.861. The van der Waals surface area contributed by atoms with Crippen LogP contribution < -0.4 is 5.69 Å². The Labute approximate surface area is 113 Å². The summed E-state index contributed by atoms with van der Waals surface area (Å²) in [5, 5.41) is 2.46. The van der Waals surface area contributed by atoms with E-state index in [1.807, 2.05) is 25.0 Å². The van der Waals surface area contributed by atoms with Gasteiger partial charge >= 0.3 is 5.69 Å². The maximum Gasteiger partial charge on any atom is 0.347 e. The van der Waals surface area contributed by atoms with E-state index >= 15 is 0 Å². The fourth-order valence-corrected chi connectivity index (χ4v) is 2.91. The lowest BCUT2D eigenvalue weighted by atomic mass is 10.3. The first kappa shape index (κ1) is 12.2. The van der Waals surface area contributed by atoms with Crippen LogP contribution in [0.3, 0.4) is 0 Å². The maximum atomic E-state index is 11.4. The van der Waals surface area contributed by atoms with Crippen molar-refractivity contribution in [3.63, 3.8) is 0 Å². The predicted molar refractivity (Wildman–Crippen MR) is 71.4 cm³/mol. The zero-order chi connectivity index (χ0) is 13.4. The molecule has 0 saturated carbocycles. The van der Waals surface area contributed by atoms with Crippen LogP contribution in [0.4, 0.5) is 0 Å². The van der Waals surface area contributed by atoms with Gasteiger partial charge in [-0.1, -0.05) is 11.8 Å². The molecule has 0 radical (unpaired) electrons. The molecule has 0 saturated heterocycles. The van der Waals surface area contributed by atoms with Crippen LogP contribution in [0.25, 0.3) is 11.2 Å². The van der Waals surface area contributed by atoms with Crippen molar-refractivity contribution in [3.05, 3.63) is 28.6 Å². The number of nitrogens with zero attached hydrogens (tertiary/aromatic N) is 3. The zero-order valence-electron chi connectivity index (χ0n) is 10.5. The molecule has 2 aromatic rings. The lowest BCUT2D eigenvalue weighted by molar-refractivity contribution is -0.0951. The number of allylic oxidation sites excluding steroid dienone is 1. The monoisotopic (exact) mass is 279 g/mol. The maximum absolute atomic E-state index is 11.4. The van der Waals surface area contributed by atoms with Crippen molar-refractivity contribution in [2.75, 3.05) is 5.88 Å². The Morgan fingerprint density at radius 2 is 2.42 bits per heavy atom. The van der Waals surface area contributed by atoms with E-state index in [4.69, 9.17) is 4.84 Å². The Bertz CT molecular complexity index is 692. The van der Waals surface area contributed by atoms with Gasteiger partial charge in [0.25, 0.3) is 0 Å². The molecule has 1 atom stereocenters. The summed E-state index contributed by atoms with van der Waals surface area (Å²) >= 11 is 1.44. The van der Waals surface area contributed by atoms with Gasteiger partial charge in [0.15, 0.2) is 5.65 Å². The van der Waals surface area contributed by atoms with Gasteiger partial charge < -0.3 is 9.82 Å². The smallest absolute Gasteiger partial charge is 0.347 e. The van der Waals surface area contributed by atoms with Gasteiger partial charge in [0.2, 0.25) is 0 Å². The van der Waals surface area contributed by atoms with Crippen molar-refractivity contribution in [3.8, 4) is 0 Å². The number of hydrogen-bond acceptors (Lipinski definition) is 6. The van der Waals surface area contributed by atoms with Crippen molar-refractivity contribution in [2.24, 2.45) is 0 Å². The Morgan fingerprint density at radius 3 is 3.16 bits per heavy atom. The number of aromatic nitrogens is 4. The normalized spacial score (nSPS) is 19.7. The van der Waals surface area contributed by atoms with Crippen LogP contribution in [0.15, 0.2) is 28.0 Å². The standard InChI is InChI=1S/C11H13N5O2S/c1-6-3-7(2)18-16(6)5-19-10-8-9(13-4-12-8)14-11(17)15-10/h3-4,6H,5H2,1-2H3,(H2,12,13,14,15,17). The molecule has 100 valence electrons. The predicted octanol–water partition coefficient (Wildman–Crippen LogP) is 1.24. The number of rotatable bonds is 3. The lowest BCUT2D eigenvalue weighted by Crippen LogP contribution is -2.26. The number of fused-ring (bicyclic) bond motifs is 1. The number of hydrogen-bond donors (Lipinski definition) is 2. The number of H-pyrrole nitrogens is 2. The Hall–Kier alpha value is -1.80. The van der Waals surface area contributed by atoms with Crippen LogP contribution in [0, 0.1) is 0 Å². The molecular weight excluding hydrogens is 266 g/mol. The second-order valence-electron chi connectivity index (χ2n) is 4.27. The van der Waals surface area contributed by atoms with Gasteiger partial charge in [-0.25, -0.2) is 9.78 Å². The lowest BCUT2D eigenvalue weighted by Gasteiger charge is -2.19. The topological polar surface area (TPSA) is 86.9 Å². The molecule has 1 aliphatic heterocycles. The van der Waals surface area contributed by atoms with Crippen molar-refractivity contribution < 1.29 is 4.84 Å². The fourth-order valence-electron chi connectivity index (χ4n) is 1.92. The summed E-state index contributed by atoms with van der Waals surface area (Å²) in [6.45, 7) is 3.97. The third-order valence-corrected chi connectivity index (χ3v) is 3.75. The van der Waals surface area contributed by atoms with Crippen molar-refractivity contribution in [2.45, 2.75) is 24.9 Å². The molecule has 0 amide bonds. The molecule has 19 heavy (non-hydrogen) atoms. The summed E-state index contributed by atoms with van der Waals surface area (Å²) in [5.74, 6) is 1.47. The highest BCUT2D eigenvalue weighted by atomic mass is 32.2. The van der Waals surface area contributed by atoms with E-state index in [-0.39, 0.29) is 6.04 Å². The van der Waals surface area contributed by atoms with Crippen LogP contribution in [0.1, 0.15) is 13.8 Å². The minimum absolute atomic E-state index is 0.215. The molecule has 8 heteroatoms. The van der Waals surface area contributed by atoms with Gasteiger partial charge in [0.1, 0.15) is 16.3 Å². The van der Waals surface area contributed by atoms with E-state index < -0.39 is 5.69 Å². The molecule has 3 heterocycles. The van der Waals surface area contributed by atoms with Gasteiger partial charge in [-0.3, -0.25) is 4.98 Å². The molecule has 1 aliphatic rings. The molecule has 1 unspecified atom stereocenters. The van der Waals surface area contributed by atoms with Crippen LogP contribution in [-0.4, -0.2) is 36.9 Å². The van der Waals surface area contributed by atoms with Crippen LogP contribution >= 0.6 is 11.8 Å². The largest absolute Gasteiger partial charge is 0.410 e. The fraction of sp³-hybridized carbons (Fsp3) is 0.364. The highest BCUT2D eigenvalue weighted by Crippen LogP contribution is 2.26. The molecule has 3 rings (SSSR count). The van der Waals surface area contributed by atoms with E-state index in [2.05, 4.69) is 19.9 Å². The molecular formula is C11H13N5O2S. The van der Waals surface area contributed by atoms with Gasteiger partial charge in [0, 0.05) is 0 Å². The van der Waals surface area contributed by atoms with Crippen molar-refractivity contribution >= 4 is 22.9 Å². The van der Waals surface area contributed by atoms with Crippen LogP contribution in [0.2, 0.25) is 0 Å². The third kappa shape index (κ3) is 2.36. The Kier molecular flexibility index (Phi) is 3.03. The van der Waals surface area contributed by atoms with Crippen LogP contribution in [-0.2, 0) is 4.84 Å². The third-order valence-electron chi connectivity index (χ3n) is 2.80.